The van der Waals surface area contributed by atoms with Crippen LogP contribution >= 0.6 is 7.60 Å². The summed E-state index contributed by atoms with van der Waals surface area (Å²) in [6.07, 6.45) is 0. The lowest BCUT2D eigenvalue weighted by Crippen LogP contribution is -2.06. The van der Waals surface area contributed by atoms with Crippen LogP contribution in [0.2, 0.25) is 0 Å². The zero-order valence-electron chi connectivity index (χ0n) is 14.3. The van der Waals surface area contributed by atoms with Crippen LogP contribution in [0.4, 0.5) is 0 Å². The highest BCUT2D eigenvalue weighted by atomic mass is 31.2. The highest BCUT2D eigenvalue weighted by molar-refractivity contribution is 7.54. The number of hydrogen-bond acceptors (Lipinski definition) is 4. The van der Waals surface area contributed by atoms with Crippen molar-refractivity contribution < 1.29 is 18.7 Å². The molecule has 0 amide bonds. The maximum atomic E-state index is 13.4. The second kappa shape index (κ2) is 8.93. The topological polar surface area (TPSA) is 55.8 Å². The van der Waals surface area contributed by atoms with Gasteiger partial charge in [0.1, 0.15) is 0 Å². The Morgan fingerprint density at radius 1 is 0.692 bits per heavy atom. The molecule has 3 aromatic rings. The van der Waals surface area contributed by atoms with Crippen molar-refractivity contribution in [1.29, 1.82) is 0 Å². The Balaban J connectivity index is 1.78. The van der Waals surface area contributed by atoms with Gasteiger partial charge in [-0.05, 0) is 16.7 Å². The SMILES string of the molecule is O=P(OCc1ccccc1)(OCc1ccccc1)C(O)c1ccccc1. The molecule has 1 unspecified atom stereocenters. The molecule has 0 radical (unpaired) electrons. The van der Waals surface area contributed by atoms with E-state index >= 15 is 0 Å². The minimum Gasteiger partial charge on any atom is -0.376 e. The van der Waals surface area contributed by atoms with Gasteiger partial charge in [-0.1, -0.05) is 91.0 Å². The first-order valence-corrected chi connectivity index (χ1v) is 9.98. The molecule has 0 aliphatic carbocycles. The molecule has 0 aliphatic heterocycles. The second-order valence-electron chi connectivity index (χ2n) is 5.84. The minimum atomic E-state index is -3.81. The van der Waals surface area contributed by atoms with E-state index in [1.54, 1.807) is 24.3 Å². The molecular weight excluding hydrogens is 347 g/mol. The lowest BCUT2D eigenvalue weighted by molar-refractivity contribution is 0.133. The van der Waals surface area contributed by atoms with E-state index < -0.39 is 13.4 Å². The summed E-state index contributed by atoms with van der Waals surface area (Å²) in [4.78, 5) is 0. The molecule has 0 fully saturated rings. The van der Waals surface area contributed by atoms with Gasteiger partial charge in [-0.3, -0.25) is 4.57 Å². The van der Waals surface area contributed by atoms with E-state index in [0.29, 0.717) is 5.56 Å². The number of aliphatic hydroxyl groups excluding tert-OH is 1. The van der Waals surface area contributed by atoms with Gasteiger partial charge in [-0.2, -0.15) is 0 Å². The highest BCUT2D eigenvalue weighted by Crippen LogP contribution is 2.60. The van der Waals surface area contributed by atoms with Gasteiger partial charge >= 0.3 is 7.60 Å². The molecule has 0 heterocycles. The molecule has 3 rings (SSSR count). The quantitative estimate of drug-likeness (QED) is 0.548. The summed E-state index contributed by atoms with van der Waals surface area (Å²) in [6.45, 7) is 0.188. The molecule has 0 aromatic heterocycles. The zero-order valence-corrected chi connectivity index (χ0v) is 15.2. The lowest BCUT2D eigenvalue weighted by Gasteiger charge is -2.24. The number of hydrogen-bond donors (Lipinski definition) is 1. The van der Waals surface area contributed by atoms with Gasteiger partial charge in [0.05, 0.1) is 13.2 Å². The minimum absolute atomic E-state index is 0.0940. The lowest BCUT2D eigenvalue weighted by atomic mass is 10.2. The number of rotatable bonds is 8. The number of benzene rings is 3. The summed E-state index contributed by atoms with van der Waals surface area (Å²) in [6, 6.07) is 27.6. The van der Waals surface area contributed by atoms with Crippen molar-refractivity contribution in [3.8, 4) is 0 Å². The van der Waals surface area contributed by atoms with Crippen LogP contribution < -0.4 is 0 Å². The Morgan fingerprint density at radius 2 is 1.08 bits per heavy atom. The van der Waals surface area contributed by atoms with Gasteiger partial charge < -0.3 is 14.2 Å². The van der Waals surface area contributed by atoms with Crippen molar-refractivity contribution in [2.45, 2.75) is 19.1 Å². The van der Waals surface area contributed by atoms with E-state index in [1.165, 1.54) is 0 Å². The fraction of sp³-hybridized carbons (Fsp3) is 0.143. The maximum absolute atomic E-state index is 13.4. The Bertz CT molecular complexity index is 790. The standard InChI is InChI=1S/C21H21O4P/c22-21(20-14-8-3-9-15-20)26(23,24-16-18-10-4-1-5-11-18)25-17-19-12-6-2-7-13-19/h1-15,21-22H,16-17H2. The van der Waals surface area contributed by atoms with Crippen molar-refractivity contribution in [2.24, 2.45) is 0 Å². The van der Waals surface area contributed by atoms with Gasteiger partial charge in [-0.15, -0.1) is 0 Å². The molecule has 0 aliphatic rings. The first kappa shape index (κ1) is 18.6. The predicted octanol–water partition coefficient (Wildman–Crippen LogP) is 5.30. The van der Waals surface area contributed by atoms with Gasteiger partial charge in [0.15, 0.2) is 5.85 Å². The summed E-state index contributed by atoms with van der Waals surface area (Å²) >= 11 is 0. The van der Waals surface area contributed by atoms with E-state index in [-0.39, 0.29) is 13.2 Å². The Kier molecular flexibility index (Phi) is 6.37. The van der Waals surface area contributed by atoms with Crippen LogP contribution in [0, 0.1) is 0 Å². The third-order valence-corrected chi connectivity index (χ3v) is 5.78. The normalized spacial score (nSPS) is 12.7. The molecule has 3 aromatic carbocycles. The predicted molar refractivity (Wildman–Crippen MR) is 101 cm³/mol. The van der Waals surface area contributed by atoms with Crippen molar-refractivity contribution in [1.82, 2.24) is 0 Å². The second-order valence-corrected chi connectivity index (χ2v) is 7.93. The first-order valence-electron chi connectivity index (χ1n) is 8.37. The van der Waals surface area contributed by atoms with Crippen LogP contribution in [-0.2, 0) is 26.8 Å². The van der Waals surface area contributed by atoms with Crippen molar-refractivity contribution in [3.05, 3.63) is 108 Å². The average Bonchev–Trinajstić information content (AvgIpc) is 2.72. The molecule has 0 saturated heterocycles. The smallest absolute Gasteiger partial charge is 0.364 e. The van der Waals surface area contributed by atoms with Gasteiger partial charge in [0.2, 0.25) is 0 Å². The van der Waals surface area contributed by atoms with Crippen LogP contribution in [0.15, 0.2) is 91.0 Å². The molecule has 1 atom stereocenters. The molecular formula is C21H21O4P. The average molecular weight is 368 g/mol. The van der Waals surface area contributed by atoms with E-state index in [0.717, 1.165) is 11.1 Å². The molecule has 134 valence electrons. The fourth-order valence-electron chi connectivity index (χ4n) is 2.46. The van der Waals surface area contributed by atoms with E-state index in [9.17, 15) is 9.67 Å². The van der Waals surface area contributed by atoms with Crippen LogP contribution in [0.3, 0.4) is 0 Å². The third-order valence-electron chi connectivity index (χ3n) is 3.91. The van der Waals surface area contributed by atoms with Gasteiger partial charge in [0, 0.05) is 0 Å². The summed E-state index contributed by atoms with van der Waals surface area (Å²) in [7, 11) is -3.81. The van der Waals surface area contributed by atoms with Crippen LogP contribution in [0.25, 0.3) is 0 Å². The monoisotopic (exact) mass is 368 g/mol. The van der Waals surface area contributed by atoms with E-state index in [2.05, 4.69) is 0 Å². The third kappa shape index (κ3) is 4.90. The van der Waals surface area contributed by atoms with Crippen LogP contribution in [0.1, 0.15) is 22.5 Å². The maximum Gasteiger partial charge on any atom is 0.364 e. The summed E-state index contributed by atoms with van der Waals surface area (Å²) in [5.74, 6) is -1.35. The molecule has 0 bridgehead atoms. The molecule has 26 heavy (non-hydrogen) atoms. The fourth-order valence-corrected chi connectivity index (χ4v) is 4.02. The van der Waals surface area contributed by atoms with Gasteiger partial charge in [-0.25, -0.2) is 0 Å². The Labute approximate surface area is 153 Å². The van der Waals surface area contributed by atoms with Crippen LogP contribution in [-0.4, -0.2) is 5.11 Å². The number of aliphatic hydroxyl groups is 1. The van der Waals surface area contributed by atoms with E-state index in [1.807, 2.05) is 66.7 Å². The molecule has 0 saturated carbocycles. The Morgan fingerprint density at radius 3 is 1.50 bits per heavy atom. The van der Waals surface area contributed by atoms with E-state index in [4.69, 9.17) is 9.05 Å². The summed E-state index contributed by atoms with van der Waals surface area (Å²) in [5.41, 5.74) is 2.21. The molecule has 5 heteroatoms. The van der Waals surface area contributed by atoms with Crippen LogP contribution in [0.5, 0.6) is 0 Å². The molecule has 0 spiro atoms. The Hall–Kier alpha value is -2.23. The van der Waals surface area contributed by atoms with Crippen molar-refractivity contribution >= 4 is 7.60 Å². The van der Waals surface area contributed by atoms with Gasteiger partial charge in [0.25, 0.3) is 0 Å². The van der Waals surface area contributed by atoms with Crippen molar-refractivity contribution in [3.63, 3.8) is 0 Å². The highest BCUT2D eigenvalue weighted by Gasteiger charge is 2.36. The summed E-state index contributed by atoms with van der Waals surface area (Å²) in [5, 5.41) is 10.7. The molecule has 4 nitrogen and oxygen atoms in total. The zero-order chi connectivity index (χ0) is 18.2. The largest absolute Gasteiger partial charge is 0.376 e. The van der Waals surface area contributed by atoms with Crippen molar-refractivity contribution in [2.75, 3.05) is 0 Å². The molecule has 1 N–H and O–H groups in total. The summed E-state index contributed by atoms with van der Waals surface area (Å²) < 4.78 is 24.6. The first-order chi connectivity index (χ1) is 12.7.